The lowest BCUT2D eigenvalue weighted by Gasteiger charge is -2.07. The Morgan fingerprint density at radius 3 is 2.78 bits per heavy atom. The topological polar surface area (TPSA) is 85.1 Å². The number of nitrogen functional groups attached to an aromatic ring is 1. The summed E-state index contributed by atoms with van der Waals surface area (Å²) >= 11 is 1.25. The maximum atomic E-state index is 12.1. The average molecular weight is 283 g/mol. The molecule has 2 aromatic rings. The van der Waals surface area contributed by atoms with E-state index in [0.717, 1.165) is 11.3 Å². The number of rotatable bonds is 4. The summed E-state index contributed by atoms with van der Waals surface area (Å²) < 4.78 is 26.8. The summed E-state index contributed by atoms with van der Waals surface area (Å²) in [6.45, 7) is 1.98. The zero-order valence-corrected chi connectivity index (χ0v) is 11.4. The molecule has 0 saturated carbocycles. The minimum absolute atomic E-state index is 0.156. The van der Waals surface area contributed by atoms with Gasteiger partial charge in [-0.2, -0.15) is 0 Å². The largest absolute Gasteiger partial charge is 0.396 e. The summed E-state index contributed by atoms with van der Waals surface area (Å²) in [5.41, 5.74) is 5.95. The number of nitrogens with two attached hydrogens (primary N) is 1. The van der Waals surface area contributed by atoms with Gasteiger partial charge in [-0.25, -0.2) is 13.4 Å². The van der Waals surface area contributed by atoms with Crippen molar-refractivity contribution in [2.75, 3.05) is 10.5 Å². The second-order valence-electron chi connectivity index (χ2n) is 3.62. The maximum absolute atomic E-state index is 12.1. The predicted octanol–water partition coefficient (Wildman–Crippen LogP) is 2.09. The summed E-state index contributed by atoms with van der Waals surface area (Å²) in [7, 11) is -3.60. The number of pyridine rings is 1. The highest BCUT2D eigenvalue weighted by Gasteiger charge is 2.18. The molecule has 0 radical (unpaired) electrons. The van der Waals surface area contributed by atoms with Gasteiger partial charge in [-0.15, -0.1) is 11.3 Å². The van der Waals surface area contributed by atoms with Gasteiger partial charge in [0.25, 0.3) is 10.0 Å². The van der Waals surface area contributed by atoms with Gasteiger partial charge < -0.3 is 5.73 Å². The fourth-order valence-electron chi connectivity index (χ4n) is 1.37. The van der Waals surface area contributed by atoms with E-state index in [4.69, 9.17) is 5.73 Å². The van der Waals surface area contributed by atoms with Gasteiger partial charge in [-0.1, -0.05) is 6.92 Å². The maximum Gasteiger partial charge on any atom is 0.272 e. The van der Waals surface area contributed by atoms with Crippen molar-refractivity contribution >= 4 is 32.9 Å². The molecule has 0 amide bonds. The first-order valence-electron chi connectivity index (χ1n) is 5.35. The summed E-state index contributed by atoms with van der Waals surface area (Å²) in [5.74, 6) is 0.156. The molecule has 2 aromatic heterocycles. The molecule has 0 aliphatic carbocycles. The molecule has 2 rings (SSSR count). The lowest BCUT2D eigenvalue weighted by atomic mass is 10.4. The third-order valence-corrected chi connectivity index (χ3v) is 5.38. The van der Waals surface area contributed by atoms with Crippen molar-refractivity contribution in [3.63, 3.8) is 0 Å². The third-order valence-electron chi connectivity index (χ3n) is 2.32. The van der Waals surface area contributed by atoms with Gasteiger partial charge in [0.15, 0.2) is 5.82 Å². The third kappa shape index (κ3) is 2.62. The number of thiophene rings is 1. The van der Waals surface area contributed by atoms with Gasteiger partial charge in [0.05, 0.1) is 5.69 Å². The number of aromatic nitrogens is 1. The number of nitrogens with zero attached hydrogens (tertiary/aromatic N) is 1. The first kappa shape index (κ1) is 12.8. The molecule has 0 aliphatic rings. The molecule has 0 spiro atoms. The number of hydrogen-bond acceptors (Lipinski definition) is 5. The van der Waals surface area contributed by atoms with Gasteiger partial charge in [0.2, 0.25) is 0 Å². The van der Waals surface area contributed by atoms with Crippen LogP contribution in [0.1, 0.15) is 11.8 Å². The fraction of sp³-hybridized carbons (Fsp3) is 0.182. The number of aryl methyl sites for hydroxylation is 1. The van der Waals surface area contributed by atoms with Gasteiger partial charge in [0.1, 0.15) is 4.21 Å². The van der Waals surface area contributed by atoms with Crippen LogP contribution in [0.25, 0.3) is 0 Å². The first-order valence-corrected chi connectivity index (χ1v) is 7.65. The number of hydrogen-bond donors (Lipinski definition) is 2. The van der Waals surface area contributed by atoms with Crippen LogP contribution >= 0.6 is 11.3 Å². The molecule has 0 aliphatic heterocycles. The Kier molecular flexibility index (Phi) is 3.53. The Morgan fingerprint density at radius 1 is 1.39 bits per heavy atom. The smallest absolute Gasteiger partial charge is 0.272 e. The lowest BCUT2D eigenvalue weighted by Crippen LogP contribution is -2.13. The molecule has 96 valence electrons. The molecule has 18 heavy (non-hydrogen) atoms. The van der Waals surface area contributed by atoms with Gasteiger partial charge in [-0.3, -0.25) is 4.72 Å². The van der Waals surface area contributed by atoms with Gasteiger partial charge in [0, 0.05) is 11.1 Å². The van der Waals surface area contributed by atoms with Crippen LogP contribution in [0.15, 0.2) is 34.7 Å². The molecular formula is C11H13N3O2S2. The second-order valence-corrected chi connectivity index (χ2v) is 6.70. The SMILES string of the molecule is CCc1ccc(S(=O)(=O)Nc2ncccc2N)s1. The van der Waals surface area contributed by atoms with E-state index < -0.39 is 10.0 Å². The zero-order valence-electron chi connectivity index (χ0n) is 9.75. The van der Waals surface area contributed by atoms with E-state index in [-0.39, 0.29) is 10.0 Å². The number of anilines is 2. The van der Waals surface area contributed by atoms with Crippen molar-refractivity contribution in [2.45, 2.75) is 17.6 Å². The highest BCUT2D eigenvalue weighted by molar-refractivity contribution is 7.94. The summed E-state index contributed by atoms with van der Waals surface area (Å²) in [6, 6.07) is 6.64. The van der Waals surface area contributed by atoms with E-state index in [1.54, 1.807) is 24.3 Å². The van der Waals surface area contributed by atoms with E-state index >= 15 is 0 Å². The van der Waals surface area contributed by atoms with E-state index in [2.05, 4.69) is 9.71 Å². The Balaban J connectivity index is 2.30. The fourth-order valence-corrected chi connectivity index (χ4v) is 3.71. The van der Waals surface area contributed by atoms with E-state index in [0.29, 0.717) is 5.69 Å². The van der Waals surface area contributed by atoms with Crippen LogP contribution < -0.4 is 10.5 Å². The number of nitrogens with one attached hydrogen (secondary N) is 1. The van der Waals surface area contributed by atoms with Crippen molar-refractivity contribution in [3.05, 3.63) is 35.3 Å². The summed E-state index contributed by atoms with van der Waals surface area (Å²) in [4.78, 5) is 4.92. The van der Waals surface area contributed by atoms with Crippen LogP contribution in [0.5, 0.6) is 0 Å². The molecule has 0 saturated heterocycles. The van der Waals surface area contributed by atoms with Crippen molar-refractivity contribution in [3.8, 4) is 0 Å². The molecule has 2 heterocycles. The van der Waals surface area contributed by atoms with Crippen molar-refractivity contribution in [1.82, 2.24) is 4.98 Å². The van der Waals surface area contributed by atoms with Crippen LogP contribution in [0.3, 0.4) is 0 Å². The molecule has 7 heteroatoms. The minimum atomic E-state index is -3.60. The standard InChI is InChI=1S/C11H13N3O2S2/c1-2-8-5-6-10(17-8)18(15,16)14-11-9(12)4-3-7-13-11/h3-7H,2,12H2,1H3,(H,13,14). The summed E-state index contributed by atoms with van der Waals surface area (Å²) in [5, 5.41) is 0. The Hall–Kier alpha value is -1.60. The number of sulfonamides is 1. The lowest BCUT2D eigenvalue weighted by molar-refractivity contribution is 0.603. The Labute approximate surface area is 110 Å². The second kappa shape index (κ2) is 4.95. The molecule has 0 bridgehead atoms. The molecule has 3 N–H and O–H groups in total. The van der Waals surface area contributed by atoms with E-state index in [1.165, 1.54) is 17.5 Å². The minimum Gasteiger partial charge on any atom is -0.396 e. The monoisotopic (exact) mass is 283 g/mol. The van der Waals surface area contributed by atoms with Crippen LogP contribution in [-0.2, 0) is 16.4 Å². The Morgan fingerprint density at radius 2 is 2.17 bits per heavy atom. The zero-order chi connectivity index (χ0) is 13.2. The van der Waals surface area contributed by atoms with Crippen LogP contribution in [0.4, 0.5) is 11.5 Å². The quantitative estimate of drug-likeness (QED) is 0.899. The predicted molar refractivity (Wildman–Crippen MR) is 73.2 cm³/mol. The van der Waals surface area contributed by atoms with Crippen molar-refractivity contribution < 1.29 is 8.42 Å². The van der Waals surface area contributed by atoms with Gasteiger partial charge >= 0.3 is 0 Å². The van der Waals surface area contributed by atoms with Crippen LogP contribution in [0.2, 0.25) is 0 Å². The molecule has 0 unspecified atom stereocenters. The van der Waals surface area contributed by atoms with Crippen LogP contribution in [0, 0.1) is 0 Å². The molecule has 0 aromatic carbocycles. The molecule has 5 nitrogen and oxygen atoms in total. The normalized spacial score (nSPS) is 11.4. The molecule has 0 atom stereocenters. The Bertz CT molecular complexity index is 650. The molecular weight excluding hydrogens is 270 g/mol. The average Bonchev–Trinajstić information content (AvgIpc) is 2.81. The molecule has 0 fully saturated rings. The van der Waals surface area contributed by atoms with Crippen molar-refractivity contribution in [2.24, 2.45) is 0 Å². The summed E-state index contributed by atoms with van der Waals surface area (Å²) in [6.07, 6.45) is 2.30. The highest BCUT2D eigenvalue weighted by atomic mass is 32.2. The van der Waals surface area contributed by atoms with Crippen LogP contribution in [-0.4, -0.2) is 13.4 Å². The first-order chi connectivity index (χ1) is 8.53. The van der Waals surface area contributed by atoms with Gasteiger partial charge in [-0.05, 0) is 30.7 Å². The van der Waals surface area contributed by atoms with E-state index in [1.807, 2.05) is 6.92 Å². The highest BCUT2D eigenvalue weighted by Crippen LogP contribution is 2.25. The van der Waals surface area contributed by atoms with Crippen molar-refractivity contribution in [1.29, 1.82) is 0 Å². The van der Waals surface area contributed by atoms with E-state index in [9.17, 15) is 8.42 Å².